The number of carbonyl (C=O) groups excluding carboxylic acids is 1. The Bertz CT molecular complexity index is 548. The Kier molecular flexibility index (Phi) is 2.36. The van der Waals surface area contributed by atoms with Crippen LogP contribution in [-0.4, -0.2) is 10.9 Å². The van der Waals surface area contributed by atoms with Crippen LogP contribution in [0.15, 0.2) is 30.3 Å². The largest absolute Gasteiger partial charge is 0.385 e. The summed E-state index contributed by atoms with van der Waals surface area (Å²) in [6.07, 6.45) is 0. The van der Waals surface area contributed by atoms with Gasteiger partial charge >= 0.3 is 0 Å². The average molecular weight is 219 g/mol. The predicted molar refractivity (Wildman–Crippen MR) is 59.1 cm³/mol. The molecule has 0 fully saturated rings. The number of amides is 1. The highest BCUT2D eigenvalue weighted by atomic mass is 19.1. The van der Waals surface area contributed by atoms with Crippen LogP contribution in [0.5, 0.6) is 0 Å². The molecule has 0 atom stereocenters. The zero-order valence-electron chi connectivity index (χ0n) is 8.33. The highest BCUT2D eigenvalue weighted by Gasteiger charge is 2.13. The maximum atomic E-state index is 13.4. The first-order valence-electron chi connectivity index (χ1n) is 4.63. The molecule has 0 radical (unpaired) electrons. The molecule has 1 heterocycles. The van der Waals surface area contributed by atoms with Crippen LogP contribution in [0.25, 0.3) is 11.3 Å². The third-order valence-corrected chi connectivity index (χ3v) is 2.28. The van der Waals surface area contributed by atoms with Crippen LogP contribution in [0.3, 0.4) is 0 Å². The number of nitrogen functional groups attached to an aromatic ring is 1. The molecule has 5 N–H and O–H groups in total. The number of anilines is 1. The van der Waals surface area contributed by atoms with Gasteiger partial charge < -0.3 is 16.5 Å². The summed E-state index contributed by atoms with van der Waals surface area (Å²) in [7, 11) is 0. The van der Waals surface area contributed by atoms with E-state index in [2.05, 4.69) is 4.98 Å². The Balaban J connectivity index is 2.54. The van der Waals surface area contributed by atoms with Crippen LogP contribution < -0.4 is 11.5 Å². The van der Waals surface area contributed by atoms with Crippen molar-refractivity contribution in [1.29, 1.82) is 0 Å². The summed E-state index contributed by atoms with van der Waals surface area (Å²) in [6.45, 7) is 0. The van der Waals surface area contributed by atoms with Gasteiger partial charge in [-0.05, 0) is 18.2 Å². The second-order valence-electron chi connectivity index (χ2n) is 3.35. The first-order valence-corrected chi connectivity index (χ1v) is 4.63. The second-order valence-corrected chi connectivity index (χ2v) is 3.35. The number of benzene rings is 1. The molecule has 0 bridgehead atoms. The highest BCUT2D eigenvalue weighted by Crippen LogP contribution is 2.25. The Morgan fingerprint density at radius 2 is 2.00 bits per heavy atom. The van der Waals surface area contributed by atoms with Gasteiger partial charge in [-0.15, -0.1) is 0 Å². The lowest BCUT2D eigenvalue weighted by Crippen LogP contribution is -2.11. The molecule has 1 amide bonds. The van der Waals surface area contributed by atoms with Gasteiger partial charge in [-0.3, -0.25) is 4.79 Å². The molecule has 2 aromatic rings. The summed E-state index contributed by atoms with van der Waals surface area (Å²) in [4.78, 5) is 13.7. The molecule has 5 heteroatoms. The van der Waals surface area contributed by atoms with Gasteiger partial charge in [0.1, 0.15) is 11.6 Å². The molecule has 1 aromatic carbocycles. The van der Waals surface area contributed by atoms with Gasteiger partial charge in [0.25, 0.3) is 5.91 Å². The van der Waals surface area contributed by atoms with E-state index in [1.165, 1.54) is 12.1 Å². The smallest absolute Gasteiger partial charge is 0.252 e. The summed E-state index contributed by atoms with van der Waals surface area (Å²) >= 11 is 0. The molecule has 82 valence electrons. The predicted octanol–water partition coefficient (Wildman–Crippen LogP) is 1.50. The van der Waals surface area contributed by atoms with Crippen LogP contribution >= 0.6 is 0 Å². The molecule has 4 nitrogen and oxygen atoms in total. The Hall–Kier alpha value is -2.30. The van der Waals surface area contributed by atoms with Gasteiger partial charge in [-0.2, -0.15) is 0 Å². The minimum atomic E-state index is -0.642. The molecule has 0 spiro atoms. The maximum Gasteiger partial charge on any atom is 0.252 e. The fourth-order valence-corrected chi connectivity index (χ4v) is 1.50. The van der Waals surface area contributed by atoms with E-state index in [-0.39, 0.29) is 17.2 Å². The number of hydrogen-bond donors (Lipinski definition) is 3. The van der Waals surface area contributed by atoms with Crippen molar-refractivity contribution in [2.45, 2.75) is 0 Å². The van der Waals surface area contributed by atoms with Crippen molar-refractivity contribution in [1.82, 2.24) is 4.98 Å². The highest BCUT2D eigenvalue weighted by molar-refractivity contribution is 5.98. The van der Waals surface area contributed by atoms with E-state index < -0.39 is 5.91 Å². The van der Waals surface area contributed by atoms with Gasteiger partial charge in [0.2, 0.25) is 0 Å². The first-order chi connectivity index (χ1) is 7.59. The number of primary amides is 1. The van der Waals surface area contributed by atoms with Crippen molar-refractivity contribution in [3.8, 4) is 11.3 Å². The number of carbonyl (C=O) groups is 1. The van der Waals surface area contributed by atoms with Crippen LogP contribution in [-0.2, 0) is 0 Å². The monoisotopic (exact) mass is 219 g/mol. The number of halogens is 1. The fraction of sp³-hybridized carbons (Fsp3) is 0. The van der Waals surface area contributed by atoms with Gasteiger partial charge in [-0.25, -0.2) is 4.39 Å². The van der Waals surface area contributed by atoms with E-state index in [9.17, 15) is 9.18 Å². The molecule has 0 aliphatic heterocycles. The number of aromatic nitrogens is 1. The standard InChI is InChI=1S/C11H10FN3O/c12-8-4-2-1-3-6(8)9-5-7(11(14)16)10(13)15-9/h1-5,15H,13H2,(H2,14,16). The Morgan fingerprint density at radius 1 is 1.31 bits per heavy atom. The van der Waals surface area contributed by atoms with Crippen molar-refractivity contribution in [3.05, 3.63) is 41.7 Å². The molecular weight excluding hydrogens is 209 g/mol. The normalized spacial score (nSPS) is 10.3. The maximum absolute atomic E-state index is 13.4. The van der Waals surface area contributed by atoms with E-state index in [0.717, 1.165) is 0 Å². The average Bonchev–Trinajstić information content (AvgIpc) is 2.61. The summed E-state index contributed by atoms with van der Waals surface area (Å²) in [5, 5.41) is 0. The van der Waals surface area contributed by atoms with Gasteiger partial charge in [-0.1, -0.05) is 12.1 Å². The van der Waals surface area contributed by atoms with Crippen molar-refractivity contribution in [2.24, 2.45) is 5.73 Å². The molecule has 2 rings (SSSR count). The van der Waals surface area contributed by atoms with E-state index >= 15 is 0 Å². The van der Waals surface area contributed by atoms with Crippen LogP contribution in [0.4, 0.5) is 10.2 Å². The lowest BCUT2D eigenvalue weighted by atomic mass is 10.1. The van der Waals surface area contributed by atoms with Crippen molar-refractivity contribution in [3.63, 3.8) is 0 Å². The molecule has 1 aromatic heterocycles. The van der Waals surface area contributed by atoms with Crippen LogP contribution in [0, 0.1) is 5.82 Å². The third kappa shape index (κ3) is 1.63. The molecule has 0 aliphatic rings. The lowest BCUT2D eigenvalue weighted by molar-refractivity contribution is 0.100. The summed E-state index contributed by atoms with van der Waals surface area (Å²) in [6, 6.07) is 7.64. The Morgan fingerprint density at radius 3 is 2.56 bits per heavy atom. The van der Waals surface area contributed by atoms with E-state index in [1.807, 2.05) is 0 Å². The van der Waals surface area contributed by atoms with Gasteiger partial charge in [0, 0.05) is 5.56 Å². The lowest BCUT2D eigenvalue weighted by Gasteiger charge is -1.98. The van der Waals surface area contributed by atoms with Crippen molar-refractivity contribution < 1.29 is 9.18 Å². The summed E-state index contributed by atoms with van der Waals surface area (Å²) < 4.78 is 13.4. The SMILES string of the molecule is NC(=O)c1cc(-c2ccccc2F)[nH]c1N. The molecule has 0 saturated heterocycles. The first kappa shape index (κ1) is 10.2. The number of hydrogen-bond acceptors (Lipinski definition) is 2. The third-order valence-electron chi connectivity index (χ3n) is 2.28. The van der Waals surface area contributed by atoms with E-state index in [4.69, 9.17) is 11.5 Å². The van der Waals surface area contributed by atoms with Crippen LogP contribution in [0.2, 0.25) is 0 Å². The molecular formula is C11H10FN3O. The van der Waals surface area contributed by atoms with Crippen molar-refractivity contribution in [2.75, 3.05) is 5.73 Å². The topological polar surface area (TPSA) is 84.9 Å². The number of rotatable bonds is 2. The number of nitrogens with one attached hydrogen (secondary N) is 1. The molecule has 0 unspecified atom stereocenters. The minimum absolute atomic E-state index is 0.144. The fourth-order valence-electron chi connectivity index (χ4n) is 1.50. The quantitative estimate of drug-likeness (QED) is 0.715. The zero-order valence-corrected chi connectivity index (χ0v) is 8.33. The van der Waals surface area contributed by atoms with E-state index in [0.29, 0.717) is 11.3 Å². The van der Waals surface area contributed by atoms with Gasteiger partial charge in [0.05, 0.1) is 11.3 Å². The summed E-state index contributed by atoms with van der Waals surface area (Å²) in [5.74, 6) is -0.887. The number of aromatic amines is 1. The minimum Gasteiger partial charge on any atom is -0.385 e. The van der Waals surface area contributed by atoms with Gasteiger partial charge in [0.15, 0.2) is 0 Å². The molecule has 16 heavy (non-hydrogen) atoms. The van der Waals surface area contributed by atoms with Crippen molar-refractivity contribution >= 4 is 11.7 Å². The molecule has 0 saturated carbocycles. The zero-order chi connectivity index (χ0) is 11.7. The Labute approximate surface area is 91.1 Å². The number of H-pyrrole nitrogens is 1. The molecule has 0 aliphatic carbocycles. The van der Waals surface area contributed by atoms with Crippen LogP contribution in [0.1, 0.15) is 10.4 Å². The second kappa shape index (κ2) is 3.69. The number of nitrogens with two attached hydrogens (primary N) is 2. The summed E-state index contributed by atoms with van der Waals surface area (Å²) in [5.41, 5.74) is 11.6. The van der Waals surface area contributed by atoms with E-state index in [1.54, 1.807) is 18.2 Å².